The largest absolute Gasteiger partial charge is 0.308 e. The number of hydrogen-bond donors (Lipinski definition) is 3. The first-order valence-corrected chi connectivity index (χ1v) is 5.36. The van der Waals surface area contributed by atoms with Crippen molar-refractivity contribution in [3.63, 3.8) is 0 Å². The molecule has 6 nitrogen and oxygen atoms in total. The highest BCUT2D eigenvalue weighted by molar-refractivity contribution is 5.93. The summed E-state index contributed by atoms with van der Waals surface area (Å²) < 4.78 is 0. The van der Waals surface area contributed by atoms with E-state index in [4.69, 9.17) is 0 Å². The minimum absolute atomic E-state index is 0.0979. The molecule has 1 aliphatic heterocycles. The Morgan fingerprint density at radius 1 is 1.44 bits per heavy atom. The van der Waals surface area contributed by atoms with Crippen molar-refractivity contribution in [3.05, 3.63) is 22.5 Å². The van der Waals surface area contributed by atoms with Gasteiger partial charge in [0.05, 0.1) is 6.04 Å². The zero-order valence-electron chi connectivity index (χ0n) is 8.82. The monoisotopic (exact) mass is 222 g/mol. The number of anilines is 1. The van der Waals surface area contributed by atoms with Crippen LogP contribution in [0.1, 0.15) is 19.3 Å². The van der Waals surface area contributed by atoms with Crippen molar-refractivity contribution in [3.8, 4) is 0 Å². The normalized spacial score (nSPS) is 20.4. The van der Waals surface area contributed by atoms with Crippen LogP contribution in [0.25, 0.3) is 0 Å². The van der Waals surface area contributed by atoms with E-state index < -0.39 is 0 Å². The second-order valence-corrected chi connectivity index (χ2v) is 3.80. The Balaban J connectivity index is 1.95. The molecular weight excluding hydrogens is 208 g/mol. The van der Waals surface area contributed by atoms with Crippen LogP contribution in [0.15, 0.2) is 16.9 Å². The molecule has 6 heteroatoms. The fraction of sp³-hybridized carbons (Fsp3) is 0.500. The molecule has 3 N–H and O–H groups in total. The van der Waals surface area contributed by atoms with Gasteiger partial charge in [-0.3, -0.25) is 9.59 Å². The molecule has 2 rings (SSSR count). The number of nitrogens with zero attached hydrogens (tertiary/aromatic N) is 1. The molecule has 0 unspecified atom stereocenters. The van der Waals surface area contributed by atoms with Crippen molar-refractivity contribution in [1.82, 2.24) is 15.5 Å². The van der Waals surface area contributed by atoms with Crippen LogP contribution in [0, 0.1) is 0 Å². The van der Waals surface area contributed by atoms with E-state index in [9.17, 15) is 9.59 Å². The van der Waals surface area contributed by atoms with Gasteiger partial charge in [0.2, 0.25) is 5.91 Å². The summed E-state index contributed by atoms with van der Waals surface area (Å²) in [4.78, 5) is 22.5. The van der Waals surface area contributed by atoms with Gasteiger partial charge < -0.3 is 10.6 Å². The standard InChI is InChI=1S/C10H14N4O2/c15-9-5-4-8(13-14-9)12-10(16)7-3-1-2-6-11-7/h4-5,7,11H,1-3,6H2,(H,14,15)(H,12,13,16)/t7-/m1/s1. The van der Waals surface area contributed by atoms with Crippen molar-refractivity contribution >= 4 is 11.7 Å². The van der Waals surface area contributed by atoms with E-state index in [1.54, 1.807) is 0 Å². The third kappa shape index (κ3) is 2.66. The number of nitrogens with one attached hydrogen (secondary N) is 3. The first-order valence-electron chi connectivity index (χ1n) is 5.36. The third-order valence-electron chi connectivity index (χ3n) is 2.56. The lowest BCUT2D eigenvalue weighted by atomic mass is 10.0. The molecule has 1 aromatic heterocycles. The maximum absolute atomic E-state index is 11.7. The Kier molecular flexibility index (Phi) is 3.31. The van der Waals surface area contributed by atoms with Crippen molar-refractivity contribution in [2.75, 3.05) is 11.9 Å². The van der Waals surface area contributed by atoms with Gasteiger partial charge in [-0.2, -0.15) is 5.10 Å². The van der Waals surface area contributed by atoms with Crippen LogP contribution >= 0.6 is 0 Å². The smallest absolute Gasteiger partial charge is 0.264 e. The highest BCUT2D eigenvalue weighted by Crippen LogP contribution is 2.08. The number of carbonyl (C=O) groups excluding carboxylic acids is 1. The maximum Gasteiger partial charge on any atom is 0.264 e. The van der Waals surface area contributed by atoms with Crippen molar-refractivity contribution in [2.24, 2.45) is 0 Å². The summed E-state index contributed by atoms with van der Waals surface area (Å²) in [6, 6.07) is 2.67. The van der Waals surface area contributed by atoms with Gasteiger partial charge in [0.1, 0.15) is 0 Å². The molecule has 1 aliphatic rings. The molecule has 1 fully saturated rings. The molecule has 0 saturated carbocycles. The minimum Gasteiger partial charge on any atom is -0.308 e. The fourth-order valence-electron chi connectivity index (χ4n) is 1.70. The number of aromatic nitrogens is 2. The van der Waals surface area contributed by atoms with E-state index in [0.29, 0.717) is 5.82 Å². The van der Waals surface area contributed by atoms with E-state index in [2.05, 4.69) is 20.8 Å². The van der Waals surface area contributed by atoms with Gasteiger partial charge in [0, 0.05) is 6.07 Å². The Morgan fingerprint density at radius 2 is 2.31 bits per heavy atom. The lowest BCUT2D eigenvalue weighted by Crippen LogP contribution is -2.43. The summed E-state index contributed by atoms with van der Waals surface area (Å²) in [7, 11) is 0. The van der Waals surface area contributed by atoms with Crippen LogP contribution < -0.4 is 16.2 Å². The van der Waals surface area contributed by atoms with Gasteiger partial charge in [-0.1, -0.05) is 6.42 Å². The van der Waals surface area contributed by atoms with Crippen LogP contribution in [0.2, 0.25) is 0 Å². The molecule has 0 aromatic carbocycles. The van der Waals surface area contributed by atoms with Crippen LogP contribution in [0.5, 0.6) is 0 Å². The highest BCUT2D eigenvalue weighted by Gasteiger charge is 2.20. The quantitative estimate of drug-likeness (QED) is 0.649. The molecule has 16 heavy (non-hydrogen) atoms. The first kappa shape index (κ1) is 10.8. The molecule has 2 heterocycles. The number of aromatic amines is 1. The second-order valence-electron chi connectivity index (χ2n) is 3.80. The summed E-state index contributed by atoms with van der Waals surface area (Å²) in [6.07, 6.45) is 3.01. The molecule has 1 saturated heterocycles. The number of rotatable bonds is 2. The number of carbonyl (C=O) groups is 1. The first-order chi connectivity index (χ1) is 7.75. The van der Waals surface area contributed by atoms with Gasteiger partial charge >= 0.3 is 0 Å². The SMILES string of the molecule is O=C(Nc1ccc(=O)[nH]n1)[C@H]1CCCCN1. The van der Waals surface area contributed by atoms with Crippen LogP contribution in [-0.4, -0.2) is 28.7 Å². The van der Waals surface area contributed by atoms with Crippen molar-refractivity contribution in [2.45, 2.75) is 25.3 Å². The second kappa shape index (κ2) is 4.89. The summed E-state index contributed by atoms with van der Waals surface area (Å²) in [5.74, 6) is 0.274. The molecule has 1 atom stereocenters. The van der Waals surface area contributed by atoms with E-state index >= 15 is 0 Å². The van der Waals surface area contributed by atoms with Gasteiger partial charge in [0.25, 0.3) is 5.56 Å². The summed E-state index contributed by atoms with van der Waals surface area (Å²) in [6.45, 7) is 0.872. The van der Waals surface area contributed by atoms with E-state index in [1.165, 1.54) is 12.1 Å². The van der Waals surface area contributed by atoms with E-state index in [-0.39, 0.29) is 17.5 Å². The molecular formula is C10H14N4O2. The summed E-state index contributed by atoms with van der Waals surface area (Å²) >= 11 is 0. The van der Waals surface area contributed by atoms with E-state index in [0.717, 1.165) is 25.8 Å². The predicted octanol–water partition coefficient (Wildman–Crippen LogP) is -0.150. The molecule has 1 aromatic rings. The maximum atomic E-state index is 11.7. The minimum atomic E-state index is -0.284. The third-order valence-corrected chi connectivity index (χ3v) is 2.56. The summed E-state index contributed by atoms with van der Waals surface area (Å²) in [5.41, 5.74) is -0.284. The Hall–Kier alpha value is -1.69. The average molecular weight is 222 g/mol. The topological polar surface area (TPSA) is 86.9 Å². The zero-order valence-corrected chi connectivity index (χ0v) is 8.82. The number of amides is 1. The van der Waals surface area contributed by atoms with Crippen LogP contribution in [-0.2, 0) is 4.79 Å². The van der Waals surface area contributed by atoms with Crippen molar-refractivity contribution < 1.29 is 4.79 Å². The Morgan fingerprint density at radius 3 is 2.94 bits per heavy atom. The van der Waals surface area contributed by atoms with Gasteiger partial charge in [0.15, 0.2) is 5.82 Å². The zero-order chi connectivity index (χ0) is 11.4. The van der Waals surface area contributed by atoms with Gasteiger partial charge in [-0.05, 0) is 25.5 Å². The van der Waals surface area contributed by atoms with Gasteiger partial charge in [-0.25, -0.2) is 5.10 Å². The fourth-order valence-corrected chi connectivity index (χ4v) is 1.70. The molecule has 86 valence electrons. The van der Waals surface area contributed by atoms with E-state index in [1.807, 2.05) is 0 Å². The number of H-pyrrole nitrogens is 1. The summed E-state index contributed by atoms with van der Waals surface area (Å²) in [5, 5.41) is 11.8. The molecule has 0 radical (unpaired) electrons. The molecule has 0 spiro atoms. The van der Waals surface area contributed by atoms with Crippen LogP contribution in [0.3, 0.4) is 0 Å². The number of piperidine rings is 1. The molecule has 1 amide bonds. The van der Waals surface area contributed by atoms with Crippen LogP contribution in [0.4, 0.5) is 5.82 Å². The lowest BCUT2D eigenvalue weighted by molar-refractivity contribution is -0.118. The average Bonchev–Trinajstić information content (AvgIpc) is 2.33. The predicted molar refractivity (Wildman–Crippen MR) is 59.1 cm³/mol. The van der Waals surface area contributed by atoms with Crippen molar-refractivity contribution in [1.29, 1.82) is 0 Å². The highest BCUT2D eigenvalue weighted by atomic mass is 16.2. The number of hydrogen-bond acceptors (Lipinski definition) is 4. The van der Waals surface area contributed by atoms with Gasteiger partial charge in [-0.15, -0.1) is 0 Å². The molecule has 0 aliphatic carbocycles. The lowest BCUT2D eigenvalue weighted by Gasteiger charge is -2.22. The molecule has 0 bridgehead atoms. The Bertz CT molecular complexity index is 403. The Labute approximate surface area is 92.4 Å².